The first-order valence-corrected chi connectivity index (χ1v) is 19.0. The first kappa shape index (κ1) is 35.9. The number of amides is 4. The minimum atomic E-state index is -1.46. The minimum absolute atomic E-state index is 0.0863. The third-order valence-electron chi connectivity index (χ3n) is 12.4. The molecule has 0 bridgehead atoms. The number of hydrogen-bond donors (Lipinski definition) is 2. The van der Waals surface area contributed by atoms with Crippen molar-refractivity contribution in [1.82, 2.24) is 5.01 Å². The first-order valence-electron chi connectivity index (χ1n) is 19.0. The Balaban J connectivity index is 1.15. The van der Waals surface area contributed by atoms with E-state index in [2.05, 4.69) is 5.43 Å². The number of carbonyl (C=O) groups excluding carboxylic acids is 5. The van der Waals surface area contributed by atoms with Crippen molar-refractivity contribution < 1.29 is 33.8 Å². The molecule has 2 aliphatic carbocycles. The van der Waals surface area contributed by atoms with Gasteiger partial charge in [0, 0.05) is 17.0 Å². The number of benzene rings is 5. The molecule has 0 spiro atoms. The second-order valence-corrected chi connectivity index (χ2v) is 15.3. The van der Waals surface area contributed by atoms with Gasteiger partial charge in [0.05, 0.1) is 41.7 Å². The number of nitrogens with one attached hydrogen (secondary N) is 1. The fraction of sp³-hybridized carbons (Fsp3) is 0.213. The zero-order valence-electron chi connectivity index (χ0n) is 31.3. The molecule has 4 aliphatic rings. The highest BCUT2D eigenvalue weighted by atomic mass is 16.5. The number of aryl methyl sites for hydroxylation is 1. The molecule has 1 saturated carbocycles. The van der Waals surface area contributed by atoms with E-state index in [1.54, 1.807) is 60.7 Å². The van der Waals surface area contributed by atoms with Crippen LogP contribution in [0.25, 0.3) is 0 Å². The lowest BCUT2D eigenvalue weighted by atomic mass is 9.49. The highest BCUT2D eigenvalue weighted by molar-refractivity contribution is 6.23. The van der Waals surface area contributed by atoms with Crippen molar-refractivity contribution in [2.45, 2.75) is 31.1 Å². The van der Waals surface area contributed by atoms with Crippen LogP contribution < -0.4 is 15.1 Å². The van der Waals surface area contributed by atoms with Crippen LogP contribution in [0.5, 0.6) is 11.5 Å². The van der Waals surface area contributed by atoms with Gasteiger partial charge < -0.3 is 9.84 Å². The van der Waals surface area contributed by atoms with Gasteiger partial charge in [-0.15, -0.1) is 0 Å². The van der Waals surface area contributed by atoms with E-state index in [0.717, 1.165) is 16.1 Å². The minimum Gasteiger partial charge on any atom is -0.504 e. The van der Waals surface area contributed by atoms with Crippen LogP contribution in [0.2, 0.25) is 0 Å². The number of phenols is 1. The van der Waals surface area contributed by atoms with Crippen molar-refractivity contribution in [3.05, 3.63) is 167 Å². The maximum absolute atomic E-state index is 15.4. The smallest absolute Gasteiger partial charge is 0.260 e. The van der Waals surface area contributed by atoms with Crippen molar-refractivity contribution in [3.8, 4) is 11.5 Å². The number of aromatic hydroxyl groups is 1. The van der Waals surface area contributed by atoms with E-state index in [-0.39, 0.29) is 41.9 Å². The number of imide groups is 2. The van der Waals surface area contributed by atoms with E-state index < -0.39 is 46.8 Å². The number of hydrazine groups is 1. The summed E-state index contributed by atoms with van der Waals surface area (Å²) in [6.45, 7) is 1.95. The number of nitrogens with zero attached hydrogens (tertiary/aromatic N) is 2. The third kappa shape index (κ3) is 5.50. The number of methoxy groups -OCH3 is 1. The fourth-order valence-electron chi connectivity index (χ4n) is 9.77. The highest BCUT2D eigenvalue weighted by Crippen LogP contribution is 2.64. The number of rotatable bonds is 8. The summed E-state index contributed by atoms with van der Waals surface area (Å²) in [5.74, 6) is -5.46. The number of ether oxygens (including phenoxy) is 1. The molecule has 10 nitrogen and oxygen atoms in total. The summed E-state index contributed by atoms with van der Waals surface area (Å²) in [5, 5.41) is 11.8. The van der Waals surface area contributed by atoms with Crippen LogP contribution >= 0.6 is 0 Å². The summed E-state index contributed by atoms with van der Waals surface area (Å²) >= 11 is 0. The van der Waals surface area contributed by atoms with Crippen LogP contribution in [0.3, 0.4) is 0 Å². The van der Waals surface area contributed by atoms with Gasteiger partial charge in [0.15, 0.2) is 17.3 Å². The molecule has 9 rings (SSSR count). The lowest BCUT2D eigenvalue weighted by Crippen LogP contribution is -2.53. The summed E-state index contributed by atoms with van der Waals surface area (Å²) in [6, 6.07) is 37.0. The van der Waals surface area contributed by atoms with Crippen molar-refractivity contribution in [1.29, 1.82) is 0 Å². The zero-order chi connectivity index (χ0) is 39.6. The zero-order valence-corrected chi connectivity index (χ0v) is 31.3. The molecule has 6 unspecified atom stereocenters. The number of fused-ring (bicyclic) bond motifs is 4. The molecule has 3 fully saturated rings. The summed E-state index contributed by atoms with van der Waals surface area (Å²) in [6.07, 6.45) is 2.37. The molecule has 6 atom stereocenters. The Morgan fingerprint density at radius 2 is 1.44 bits per heavy atom. The van der Waals surface area contributed by atoms with E-state index in [0.29, 0.717) is 33.6 Å². The number of ketones is 1. The van der Waals surface area contributed by atoms with Gasteiger partial charge >= 0.3 is 0 Å². The molecule has 2 aliphatic heterocycles. The molecule has 0 aromatic heterocycles. The van der Waals surface area contributed by atoms with Gasteiger partial charge in [-0.2, -0.15) is 5.01 Å². The van der Waals surface area contributed by atoms with Gasteiger partial charge in [-0.3, -0.25) is 34.3 Å². The predicted molar refractivity (Wildman–Crippen MR) is 212 cm³/mol. The predicted octanol–water partition coefficient (Wildman–Crippen LogP) is 7.13. The molecular weight excluding hydrogens is 719 g/mol. The molecule has 4 amide bonds. The molecule has 5 aromatic carbocycles. The molecule has 57 heavy (non-hydrogen) atoms. The summed E-state index contributed by atoms with van der Waals surface area (Å²) < 4.78 is 5.56. The Labute approximate surface area is 329 Å². The average molecular weight is 758 g/mol. The second kappa shape index (κ2) is 13.7. The number of allylic oxidation sites excluding steroid dienone is 2. The number of hydrogen-bond acceptors (Lipinski definition) is 8. The lowest BCUT2D eigenvalue weighted by Gasteiger charge is -2.50. The third-order valence-corrected chi connectivity index (χ3v) is 12.4. The van der Waals surface area contributed by atoms with Crippen LogP contribution in [0.15, 0.2) is 139 Å². The molecular formula is C47H39N3O7. The second-order valence-electron chi connectivity index (χ2n) is 15.3. The van der Waals surface area contributed by atoms with Gasteiger partial charge in [0.2, 0.25) is 11.8 Å². The molecule has 10 heteroatoms. The van der Waals surface area contributed by atoms with E-state index in [4.69, 9.17) is 4.74 Å². The molecule has 0 radical (unpaired) electrons. The molecule has 5 aromatic rings. The Morgan fingerprint density at radius 3 is 2.12 bits per heavy atom. The molecule has 284 valence electrons. The summed E-state index contributed by atoms with van der Waals surface area (Å²) in [5.41, 5.74) is 6.60. The molecule has 2 N–H and O–H groups in total. The fourth-order valence-corrected chi connectivity index (χ4v) is 9.77. The van der Waals surface area contributed by atoms with Crippen LogP contribution in [-0.4, -0.2) is 46.6 Å². The van der Waals surface area contributed by atoms with E-state index >= 15 is 4.79 Å². The SMILES string of the molecule is COc1cc(C2C3=CCC4C(=O)N(c5ccc(C(=O)c6ccccc6)cc5)C(=O)C4C3CC3C(=O)N(Nc4ccc(C)cc4)C(=O)C32c2ccccc2)ccc1O. The van der Waals surface area contributed by atoms with Gasteiger partial charge in [-0.05, 0) is 85.3 Å². The lowest BCUT2D eigenvalue weighted by molar-refractivity contribution is -0.138. The largest absolute Gasteiger partial charge is 0.504 e. The quantitative estimate of drug-likeness (QED) is 0.0971. The monoisotopic (exact) mass is 757 g/mol. The standard InChI is InChI=1S/C47H39N3O7/c1-27-13-18-32(19-14-27)48-50-44(54)37-26-36-34(41(30-17-24-38(51)39(25-30)57-2)47(37,46(50)56)31-11-7-4-8-12-31)22-23-35-40(36)45(55)49(43(35)53)33-20-15-29(16-21-33)42(52)28-9-5-3-6-10-28/h3-22,24-25,35-37,40-41,48,51H,23,26H2,1-2H3. The highest BCUT2D eigenvalue weighted by Gasteiger charge is 2.70. The number of carbonyl (C=O) groups is 5. The van der Waals surface area contributed by atoms with E-state index in [1.807, 2.05) is 73.7 Å². The van der Waals surface area contributed by atoms with Gasteiger partial charge in [-0.1, -0.05) is 96.1 Å². The Bertz CT molecular complexity index is 2480. The van der Waals surface area contributed by atoms with Gasteiger partial charge in [-0.25, -0.2) is 0 Å². The van der Waals surface area contributed by atoms with Crippen LogP contribution in [0.1, 0.15) is 51.4 Å². The van der Waals surface area contributed by atoms with E-state index in [1.165, 1.54) is 18.1 Å². The molecule has 2 heterocycles. The normalized spacial score (nSPS) is 25.1. The first-order chi connectivity index (χ1) is 27.6. The van der Waals surface area contributed by atoms with Crippen molar-refractivity contribution in [3.63, 3.8) is 0 Å². The average Bonchev–Trinajstić information content (AvgIpc) is 3.62. The van der Waals surface area contributed by atoms with E-state index in [9.17, 15) is 24.3 Å². The number of anilines is 2. The van der Waals surface area contributed by atoms with Gasteiger partial charge in [0.25, 0.3) is 11.8 Å². The molecule has 2 saturated heterocycles. The summed E-state index contributed by atoms with van der Waals surface area (Å²) in [7, 11) is 1.45. The van der Waals surface area contributed by atoms with Crippen LogP contribution in [0, 0.1) is 30.6 Å². The van der Waals surface area contributed by atoms with Crippen LogP contribution in [0.4, 0.5) is 11.4 Å². The van der Waals surface area contributed by atoms with Crippen LogP contribution in [-0.2, 0) is 24.6 Å². The summed E-state index contributed by atoms with van der Waals surface area (Å²) in [4.78, 5) is 73.6. The van der Waals surface area contributed by atoms with Gasteiger partial charge in [0.1, 0.15) is 0 Å². The maximum Gasteiger partial charge on any atom is 0.260 e. The topological polar surface area (TPSA) is 133 Å². The Hall–Kier alpha value is -6.81. The Morgan fingerprint density at radius 1 is 0.772 bits per heavy atom. The number of phenolic OH excluding ortho intramolecular Hbond substituents is 1. The van der Waals surface area contributed by atoms with Crippen molar-refractivity contribution in [2.24, 2.45) is 23.7 Å². The van der Waals surface area contributed by atoms with Crippen molar-refractivity contribution >= 4 is 40.8 Å². The Kier molecular flexibility index (Phi) is 8.64. The van der Waals surface area contributed by atoms with Crippen molar-refractivity contribution in [2.75, 3.05) is 17.4 Å². The maximum atomic E-state index is 15.4.